The number of ether oxygens (including phenoxy) is 1. The lowest BCUT2D eigenvalue weighted by molar-refractivity contribution is -0.117. The molecule has 3 rings (SSSR count). The summed E-state index contributed by atoms with van der Waals surface area (Å²) < 4.78 is 19.2. The number of benzene rings is 2. The van der Waals surface area contributed by atoms with E-state index in [4.69, 9.17) is 4.74 Å². The third kappa shape index (κ3) is 5.22. The van der Waals surface area contributed by atoms with Gasteiger partial charge in [0.1, 0.15) is 11.6 Å². The fourth-order valence-corrected chi connectivity index (χ4v) is 2.43. The second-order valence-electron chi connectivity index (χ2n) is 5.80. The monoisotopic (exact) mass is 363 g/mol. The van der Waals surface area contributed by atoms with E-state index >= 15 is 0 Å². The first kappa shape index (κ1) is 18.3. The van der Waals surface area contributed by atoms with E-state index in [1.54, 1.807) is 36.7 Å². The van der Waals surface area contributed by atoms with E-state index in [-0.39, 0.29) is 17.8 Å². The van der Waals surface area contributed by atoms with Crippen molar-refractivity contribution in [1.29, 1.82) is 0 Å². The maximum absolute atomic E-state index is 13.6. The zero-order chi connectivity index (χ0) is 19.1. The predicted molar refractivity (Wildman–Crippen MR) is 101 cm³/mol. The number of hydrogen-bond donors (Lipinski definition) is 1. The minimum Gasteiger partial charge on any atom is -0.437 e. The fraction of sp³-hybridized carbons (Fsp3) is 0.0952. The summed E-state index contributed by atoms with van der Waals surface area (Å²) in [5.41, 5.74) is 1.23. The summed E-state index contributed by atoms with van der Waals surface area (Å²) in [6, 6.07) is 13.3. The summed E-state index contributed by atoms with van der Waals surface area (Å²) in [4.78, 5) is 20.1. The number of carbonyl (C=O) groups excluding carboxylic acids is 1. The van der Waals surface area contributed by atoms with Gasteiger partial charge in [-0.3, -0.25) is 9.78 Å². The lowest BCUT2D eigenvalue weighted by atomic mass is 10.1. The molecule has 0 saturated carbocycles. The van der Waals surface area contributed by atoms with Gasteiger partial charge in [-0.05, 0) is 36.8 Å². The number of halogens is 1. The van der Waals surface area contributed by atoms with Crippen molar-refractivity contribution in [1.82, 2.24) is 15.3 Å². The number of rotatable bonds is 6. The first-order valence-electron chi connectivity index (χ1n) is 8.39. The molecule has 0 aliphatic rings. The van der Waals surface area contributed by atoms with Gasteiger partial charge in [-0.25, -0.2) is 9.37 Å². The Labute approximate surface area is 156 Å². The Morgan fingerprint density at radius 2 is 2.04 bits per heavy atom. The Morgan fingerprint density at radius 3 is 2.81 bits per heavy atom. The number of hydrogen-bond acceptors (Lipinski definition) is 4. The first-order valence-corrected chi connectivity index (χ1v) is 8.39. The highest BCUT2D eigenvalue weighted by Gasteiger charge is 2.09. The zero-order valence-electron chi connectivity index (χ0n) is 14.7. The van der Waals surface area contributed by atoms with Gasteiger partial charge in [0.25, 0.3) is 0 Å². The van der Waals surface area contributed by atoms with Crippen molar-refractivity contribution in [2.45, 2.75) is 13.0 Å². The van der Waals surface area contributed by atoms with Crippen LogP contribution in [-0.2, 0) is 4.79 Å². The van der Waals surface area contributed by atoms with Gasteiger partial charge in [0.15, 0.2) is 0 Å². The van der Waals surface area contributed by atoms with Crippen LogP contribution in [0, 0.1) is 5.82 Å². The molecular weight excluding hydrogens is 345 g/mol. The summed E-state index contributed by atoms with van der Waals surface area (Å²) in [6.07, 6.45) is 7.39. The number of nitrogens with one attached hydrogen (secondary N) is 1. The van der Waals surface area contributed by atoms with Crippen molar-refractivity contribution < 1.29 is 13.9 Å². The van der Waals surface area contributed by atoms with E-state index in [0.29, 0.717) is 17.2 Å². The van der Waals surface area contributed by atoms with Gasteiger partial charge in [0, 0.05) is 24.0 Å². The van der Waals surface area contributed by atoms with Crippen molar-refractivity contribution in [3.05, 3.63) is 90.1 Å². The van der Waals surface area contributed by atoms with Crippen LogP contribution in [-0.4, -0.2) is 15.9 Å². The molecule has 2 aromatic carbocycles. The minimum atomic E-state index is -0.372. The average molecular weight is 363 g/mol. The number of amides is 1. The molecule has 1 N–H and O–H groups in total. The molecule has 0 unspecified atom stereocenters. The Kier molecular flexibility index (Phi) is 5.89. The second-order valence-corrected chi connectivity index (χ2v) is 5.80. The van der Waals surface area contributed by atoms with E-state index < -0.39 is 0 Å². The standard InChI is InChI=1S/C21H18FN3O2/c1-15(25-20(26)10-9-16-5-2-3-8-19(16)22)17-6-4-7-18(13-17)27-21-14-23-11-12-24-21/h2-15H,1H3,(H,25,26)/b10-9+/t15-/m0/s1. The highest BCUT2D eigenvalue weighted by Crippen LogP contribution is 2.23. The molecule has 1 amide bonds. The van der Waals surface area contributed by atoms with Gasteiger partial charge in [-0.2, -0.15) is 0 Å². The molecule has 3 aromatic rings. The maximum Gasteiger partial charge on any atom is 0.244 e. The Bertz CT molecular complexity index is 945. The Hall–Kier alpha value is -3.54. The van der Waals surface area contributed by atoms with Crippen molar-refractivity contribution >= 4 is 12.0 Å². The zero-order valence-corrected chi connectivity index (χ0v) is 14.7. The molecule has 136 valence electrons. The molecule has 1 atom stereocenters. The van der Waals surface area contributed by atoms with E-state index in [1.807, 2.05) is 25.1 Å². The van der Waals surface area contributed by atoms with Crippen molar-refractivity contribution in [3.63, 3.8) is 0 Å². The molecule has 27 heavy (non-hydrogen) atoms. The van der Waals surface area contributed by atoms with Gasteiger partial charge in [-0.1, -0.05) is 30.3 Å². The van der Waals surface area contributed by atoms with Gasteiger partial charge in [0.2, 0.25) is 11.8 Å². The Balaban J connectivity index is 1.63. The topological polar surface area (TPSA) is 64.1 Å². The van der Waals surface area contributed by atoms with Gasteiger partial charge < -0.3 is 10.1 Å². The third-order valence-corrected chi connectivity index (χ3v) is 3.80. The van der Waals surface area contributed by atoms with Crippen LogP contribution in [0.2, 0.25) is 0 Å². The van der Waals surface area contributed by atoms with E-state index in [1.165, 1.54) is 24.4 Å². The van der Waals surface area contributed by atoms with Crippen LogP contribution < -0.4 is 10.1 Å². The normalized spacial score (nSPS) is 11.9. The summed E-state index contributed by atoms with van der Waals surface area (Å²) in [5, 5.41) is 2.85. The maximum atomic E-state index is 13.6. The molecule has 1 heterocycles. The van der Waals surface area contributed by atoms with Gasteiger partial charge in [-0.15, -0.1) is 0 Å². The number of nitrogens with zero attached hydrogens (tertiary/aromatic N) is 2. The largest absolute Gasteiger partial charge is 0.437 e. The van der Waals surface area contributed by atoms with Gasteiger partial charge in [0.05, 0.1) is 12.2 Å². The summed E-state index contributed by atoms with van der Waals surface area (Å²) >= 11 is 0. The van der Waals surface area contributed by atoms with Crippen molar-refractivity contribution in [2.24, 2.45) is 0 Å². The molecule has 5 nitrogen and oxygen atoms in total. The van der Waals surface area contributed by atoms with Gasteiger partial charge >= 0.3 is 0 Å². The van der Waals surface area contributed by atoms with Crippen LogP contribution in [0.25, 0.3) is 6.08 Å². The predicted octanol–water partition coefficient (Wildman–Crippen LogP) is 4.30. The molecule has 0 bridgehead atoms. The fourth-order valence-electron chi connectivity index (χ4n) is 2.43. The van der Waals surface area contributed by atoms with Crippen LogP contribution in [0.3, 0.4) is 0 Å². The Morgan fingerprint density at radius 1 is 1.19 bits per heavy atom. The molecule has 0 saturated heterocycles. The van der Waals surface area contributed by atoms with E-state index in [0.717, 1.165) is 5.56 Å². The third-order valence-electron chi connectivity index (χ3n) is 3.80. The number of aromatic nitrogens is 2. The highest BCUT2D eigenvalue weighted by molar-refractivity contribution is 5.92. The van der Waals surface area contributed by atoms with E-state index in [9.17, 15) is 9.18 Å². The van der Waals surface area contributed by atoms with Crippen LogP contribution in [0.5, 0.6) is 11.6 Å². The quantitative estimate of drug-likeness (QED) is 0.663. The molecule has 0 radical (unpaired) electrons. The van der Waals surface area contributed by atoms with E-state index in [2.05, 4.69) is 15.3 Å². The van der Waals surface area contributed by atoms with Crippen LogP contribution in [0.1, 0.15) is 24.1 Å². The highest BCUT2D eigenvalue weighted by atomic mass is 19.1. The lowest BCUT2D eigenvalue weighted by Gasteiger charge is -2.14. The smallest absolute Gasteiger partial charge is 0.244 e. The van der Waals surface area contributed by atoms with Crippen LogP contribution >= 0.6 is 0 Å². The SMILES string of the molecule is C[C@H](NC(=O)/C=C/c1ccccc1F)c1cccc(Oc2cnccn2)c1. The van der Waals surface area contributed by atoms with Crippen molar-refractivity contribution in [3.8, 4) is 11.6 Å². The second kappa shape index (κ2) is 8.71. The molecule has 0 fully saturated rings. The average Bonchev–Trinajstić information content (AvgIpc) is 2.68. The molecule has 0 aliphatic heterocycles. The van der Waals surface area contributed by atoms with Crippen LogP contribution in [0.15, 0.2) is 73.2 Å². The summed E-state index contributed by atoms with van der Waals surface area (Å²) in [7, 11) is 0. The number of carbonyl (C=O) groups is 1. The lowest BCUT2D eigenvalue weighted by Crippen LogP contribution is -2.24. The van der Waals surface area contributed by atoms with Crippen LogP contribution in [0.4, 0.5) is 4.39 Å². The van der Waals surface area contributed by atoms with Crippen molar-refractivity contribution in [2.75, 3.05) is 0 Å². The summed E-state index contributed by atoms with van der Waals surface area (Å²) in [6.45, 7) is 1.86. The minimum absolute atomic E-state index is 0.256. The molecule has 0 spiro atoms. The molecule has 1 aromatic heterocycles. The first-order chi connectivity index (χ1) is 13.1. The molecular formula is C21H18FN3O2. The molecule has 6 heteroatoms. The summed E-state index contributed by atoms with van der Waals surface area (Å²) in [5.74, 6) is 0.296. The molecule has 0 aliphatic carbocycles.